The number of nitrogens with two attached hydrogens (primary N) is 1. The minimum Gasteiger partial charge on any atom is -0.491 e. The first-order valence-corrected chi connectivity index (χ1v) is 6.45. The zero-order valence-electron chi connectivity index (χ0n) is 11.8. The van der Waals surface area contributed by atoms with E-state index in [-0.39, 0.29) is 11.9 Å². The molecule has 0 heterocycles. The van der Waals surface area contributed by atoms with Gasteiger partial charge < -0.3 is 15.2 Å². The Hall–Kier alpha value is -2.23. The number of hydrogen-bond donors (Lipinski definition) is 1. The third-order valence-electron chi connectivity index (χ3n) is 2.64. The fourth-order valence-electron chi connectivity index (χ4n) is 1.81. The maximum absolute atomic E-state index is 13.2. The van der Waals surface area contributed by atoms with Crippen molar-refractivity contribution in [1.29, 1.82) is 0 Å². The Morgan fingerprint density at radius 3 is 2.35 bits per heavy atom. The zero-order valence-corrected chi connectivity index (χ0v) is 11.8. The van der Waals surface area contributed by atoms with Gasteiger partial charge in [-0.3, -0.25) is 0 Å². The van der Waals surface area contributed by atoms with Gasteiger partial charge in [0.25, 0.3) is 0 Å². The number of nitrogen functional groups attached to an aromatic ring is 1. The van der Waals surface area contributed by atoms with Gasteiger partial charge in [0.15, 0.2) is 0 Å². The molecular weight excluding hydrogens is 257 g/mol. The van der Waals surface area contributed by atoms with Crippen LogP contribution in [0, 0.1) is 12.7 Å². The van der Waals surface area contributed by atoms with E-state index < -0.39 is 0 Å². The van der Waals surface area contributed by atoms with Crippen molar-refractivity contribution < 1.29 is 13.9 Å². The lowest BCUT2D eigenvalue weighted by molar-refractivity contribution is 0.242. The summed E-state index contributed by atoms with van der Waals surface area (Å²) in [6.45, 7) is 5.56. The van der Waals surface area contributed by atoms with Crippen molar-refractivity contribution in [2.45, 2.75) is 26.9 Å². The van der Waals surface area contributed by atoms with E-state index in [0.717, 1.165) is 0 Å². The highest BCUT2D eigenvalue weighted by molar-refractivity contribution is 5.51. The number of benzene rings is 2. The molecule has 0 aliphatic heterocycles. The summed E-state index contributed by atoms with van der Waals surface area (Å²) in [6, 6.07) is 9.79. The summed E-state index contributed by atoms with van der Waals surface area (Å²) in [5.41, 5.74) is 6.91. The Morgan fingerprint density at radius 1 is 1.00 bits per heavy atom. The molecule has 4 heteroatoms. The Labute approximate surface area is 118 Å². The van der Waals surface area contributed by atoms with Crippen molar-refractivity contribution in [1.82, 2.24) is 0 Å². The van der Waals surface area contributed by atoms with Gasteiger partial charge in [0.05, 0.1) is 6.10 Å². The molecular formula is C16H18FNO2. The molecule has 0 fully saturated rings. The molecule has 0 saturated carbocycles. The summed E-state index contributed by atoms with van der Waals surface area (Å²) in [7, 11) is 0. The molecule has 106 valence electrons. The molecule has 0 unspecified atom stereocenters. The summed E-state index contributed by atoms with van der Waals surface area (Å²) in [5.74, 6) is 1.51. The van der Waals surface area contributed by atoms with Crippen LogP contribution in [0.1, 0.15) is 19.4 Å². The Bertz CT molecular complexity index is 611. The number of rotatable bonds is 4. The second kappa shape index (κ2) is 5.82. The van der Waals surface area contributed by atoms with Gasteiger partial charge >= 0.3 is 0 Å². The van der Waals surface area contributed by atoms with E-state index in [4.69, 9.17) is 15.2 Å². The number of aryl methyl sites for hydroxylation is 1. The first-order chi connectivity index (χ1) is 9.44. The standard InChI is InChI=1S/C16H18FNO2/c1-10(2)19-14-7-12(18)8-15(9-14)20-13-4-5-16(17)11(3)6-13/h4-10H,18H2,1-3H3. The maximum Gasteiger partial charge on any atom is 0.133 e. The van der Waals surface area contributed by atoms with Crippen LogP contribution in [0.4, 0.5) is 10.1 Å². The van der Waals surface area contributed by atoms with E-state index in [9.17, 15) is 4.39 Å². The minimum absolute atomic E-state index is 0.0534. The molecule has 0 radical (unpaired) electrons. The summed E-state index contributed by atoms with van der Waals surface area (Å²) < 4.78 is 24.5. The van der Waals surface area contributed by atoms with Gasteiger partial charge in [-0.1, -0.05) is 0 Å². The number of halogens is 1. The van der Waals surface area contributed by atoms with E-state index in [1.807, 2.05) is 13.8 Å². The second-order valence-corrected chi connectivity index (χ2v) is 4.92. The van der Waals surface area contributed by atoms with Crippen LogP contribution in [0.2, 0.25) is 0 Å². The van der Waals surface area contributed by atoms with Crippen LogP contribution < -0.4 is 15.2 Å². The molecule has 0 atom stereocenters. The highest BCUT2D eigenvalue weighted by Gasteiger charge is 2.06. The van der Waals surface area contributed by atoms with E-state index in [0.29, 0.717) is 28.5 Å². The van der Waals surface area contributed by atoms with Crippen molar-refractivity contribution in [2.75, 3.05) is 5.73 Å². The summed E-state index contributed by atoms with van der Waals surface area (Å²) in [6.07, 6.45) is 0.0534. The van der Waals surface area contributed by atoms with Crippen molar-refractivity contribution in [3.05, 3.63) is 47.8 Å². The number of ether oxygens (including phenoxy) is 2. The van der Waals surface area contributed by atoms with Crippen LogP contribution >= 0.6 is 0 Å². The molecule has 0 spiro atoms. The Morgan fingerprint density at radius 2 is 1.70 bits per heavy atom. The smallest absolute Gasteiger partial charge is 0.133 e. The maximum atomic E-state index is 13.2. The van der Waals surface area contributed by atoms with Gasteiger partial charge in [-0.05, 0) is 44.5 Å². The lowest BCUT2D eigenvalue weighted by atomic mass is 10.2. The largest absolute Gasteiger partial charge is 0.491 e. The van der Waals surface area contributed by atoms with Gasteiger partial charge in [-0.2, -0.15) is 0 Å². The minimum atomic E-state index is -0.256. The second-order valence-electron chi connectivity index (χ2n) is 4.92. The van der Waals surface area contributed by atoms with Crippen LogP contribution in [0.25, 0.3) is 0 Å². The molecule has 2 N–H and O–H groups in total. The molecule has 0 saturated heterocycles. The SMILES string of the molecule is Cc1cc(Oc2cc(N)cc(OC(C)C)c2)ccc1F. The molecule has 2 aromatic carbocycles. The van der Waals surface area contributed by atoms with Crippen molar-refractivity contribution in [3.8, 4) is 17.2 Å². The molecule has 2 rings (SSSR count). The Kier molecular flexibility index (Phi) is 4.13. The fraction of sp³-hybridized carbons (Fsp3) is 0.250. The lowest BCUT2D eigenvalue weighted by Crippen LogP contribution is -2.05. The summed E-state index contributed by atoms with van der Waals surface area (Å²) >= 11 is 0. The molecule has 3 nitrogen and oxygen atoms in total. The highest BCUT2D eigenvalue weighted by atomic mass is 19.1. The highest BCUT2D eigenvalue weighted by Crippen LogP contribution is 2.29. The van der Waals surface area contributed by atoms with Crippen LogP contribution in [-0.4, -0.2) is 6.10 Å². The van der Waals surface area contributed by atoms with E-state index in [2.05, 4.69) is 0 Å². The molecule has 0 aliphatic rings. The summed E-state index contributed by atoms with van der Waals surface area (Å²) in [5, 5.41) is 0. The fourth-order valence-corrected chi connectivity index (χ4v) is 1.81. The first-order valence-electron chi connectivity index (χ1n) is 6.45. The lowest BCUT2D eigenvalue weighted by Gasteiger charge is -2.13. The molecule has 2 aromatic rings. The monoisotopic (exact) mass is 275 g/mol. The van der Waals surface area contributed by atoms with Crippen LogP contribution in [-0.2, 0) is 0 Å². The van der Waals surface area contributed by atoms with Gasteiger partial charge in [-0.25, -0.2) is 4.39 Å². The summed E-state index contributed by atoms with van der Waals surface area (Å²) in [4.78, 5) is 0. The quantitative estimate of drug-likeness (QED) is 0.846. The first kappa shape index (κ1) is 14.2. The van der Waals surface area contributed by atoms with Crippen molar-refractivity contribution >= 4 is 5.69 Å². The number of anilines is 1. The third-order valence-corrected chi connectivity index (χ3v) is 2.64. The topological polar surface area (TPSA) is 44.5 Å². The molecule has 0 bridgehead atoms. The third kappa shape index (κ3) is 3.63. The van der Waals surface area contributed by atoms with Crippen molar-refractivity contribution in [3.63, 3.8) is 0 Å². The Balaban J connectivity index is 2.24. The van der Waals surface area contributed by atoms with Crippen LogP contribution in [0.5, 0.6) is 17.2 Å². The molecule has 0 aliphatic carbocycles. The van der Waals surface area contributed by atoms with E-state index in [1.54, 1.807) is 37.3 Å². The van der Waals surface area contributed by atoms with Gasteiger partial charge in [0.1, 0.15) is 23.1 Å². The van der Waals surface area contributed by atoms with Gasteiger partial charge in [0, 0.05) is 23.9 Å². The normalized spacial score (nSPS) is 10.7. The average molecular weight is 275 g/mol. The molecule has 0 aromatic heterocycles. The predicted molar refractivity (Wildman–Crippen MR) is 77.8 cm³/mol. The van der Waals surface area contributed by atoms with Crippen LogP contribution in [0.15, 0.2) is 36.4 Å². The molecule has 0 amide bonds. The molecule has 20 heavy (non-hydrogen) atoms. The number of hydrogen-bond acceptors (Lipinski definition) is 3. The predicted octanol–water partition coefficient (Wildman–Crippen LogP) is 4.30. The van der Waals surface area contributed by atoms with Gasteiger partial charge in [0.2, 0.25) is 0 Å². The van der Waals surface area contributed by atoms with E-state index in [1.165, 1.54) is 6.07 Å². The van der Waals surface area contributed by atoms with E-state index >= 15 is 0 Å². The zero-order chi connectivity index (χ0) is 14.7. The van der Waals surface area contributed by atoms with Crippen LogP contribution in [0.3, 0.4) is 0 Å². The average Bonchev–Trinajstić information content (AvgIpc) is 2.32. The van der Waals surface area contributed by atoms with Crippen molar-refractivity contribution in [2.24, 2.45) is 0 Å². The van der Waals surface area contributed by atoms with Gasteiger partial charge in [-0.15, -0.1) is 0 Å².